The molecular weight excluding hydrogens is 164 g/mol. The van der Waals surface area contributed by atoms with Crippen molar-refractivity contribution < 1.29 is 9.53 Å². The number of allylic oxidation sites excluding steroid dienone is 4. The summed E-state index contributed by atoms with van der Waals surface area (Å²) in [7, 11) is 1.41. The van der Waals surface area contributed by atoms with Crippen molar-refractivity contribution in [1.82, 2.24) is 0 Å². The molecule has 2 heteroatoms. The maximum atomic E-state index is 11.4. The van der Waals surface area contributed by atoms with Gasteiger partial charge in [0.05, 0.1) is 12.7 Å². The van der Waals surface area contributed by atoms with Crippen LogP contribution in [0.3, 0.4) is 0 Å². The predicted molar refractivity (Wildman–Crippen MR) is 52.2 cm³/mol. The maximum Gasteiger partial charge on any atom is 0.338 e. The van der Waals surface area contributed by atoms with E-state index >= 15 is 0 Å². The molecule has 0 N–H and O–H groups in total. The molecule has 0 unspecified atom stereocenters. The van der Waals surface area contributed by atoms with Crippen molar-refractivity contribution in [3.05, 3.63) is 34.4 Å². The first-order valence-electron chi connectivity index (χ1n) is 4.23. The van der Waals surface area contributed by atoms with Gasteiger partial charge in [-0.1, -0.05) is 17.7 Å². The second-order valence-corrected chi connectivity index (χ2v) is 3.30. The molecule has 0 atom stereocenters. The highest BCUT2D eigenvalue weighted by molar-refractivity contribution is 5.97. The van der Waals surface area contributed by atoms with Crippen LogP contribution < -0.4 is 0 Å². The van der Waals surface area contributed by atoms with Crippen molar-refractivity contribution in [3.8, 4) is 0 Å². The standard InChI is InChI=1S/C11H14O2/c1-7(2)9-6-5-8(3)10(9)11(12)13-4/h5-6H,1-4H3. The summed E-state index contributed by atoms with van der Waals surface area (Å²) < 4.78 is 4.71. The fraction of sp³-hybridized carbons (Fsp3) is 0.364. The summed E-state index contributed by atoms with van der Waals surface area (Å²) in [4.78, 5) is 11.4. The first-order chi connectivity index (χ1) is 6.07. The van der Waals surface area contributed by atoms with Crippen molar-refractivity contribution in [2.45, 2.75) is 20.8 Å². The summed E-state index contributed by atoms with van der Waals surface area (Å²) in [5.41, 5.74) is 3.79. The monoisotopic (exact) mass is 178 g/mol. The minimum absolute atomic E-state index is 0.251. The predicted octanol–water partition coefficient (Wildman–Crippen LogP) is 2.38. The molecular formula is C11H14O2. The highest BCUT2D eigenvalue weighted by Crippen LogP contribution is 2.27. The number of ether oxygens (including phenoxy) is 1. The molecule has 0 spiro atoms. The Morgan fingerprint density at radius 1 is 1.31 bits per heavy atom. The number of rotatable bonds is 1. The quantitative estimate of drug-likeness (QED) is 0.576. The normalized spacial score (nSPS) is 15.2. The molecule has 0 aromatic rings. The molecule has 0 saturated heterocycles. The summed E-state index contributed by atoms with van der Waals surface area (Å²) in [6, 6.07) is 0. The molecule has 0 saturated carbocycles. The van der Waals surface area contributed by atoms with Crippen molar-refractivity contribution in [2.24, 2.45) is 0 Å². The Morgan fingerprint density at radius 3 is 2.38 bits per heavy atom. The lowest BCUT2D eigenvalue weighted by Crippen LogP contribution is -2.06. The van der Waals surface area contributed by atoms with E-state index in [0.29, 0.717) is 5.57 Å². The van der Waals surface area contributed by atoms with Crippen molar-refractivity contribution >= 4 is 5.97 Å². The number of carbonyl (C=O) groups excluding carboxylic acids is 1. The van der Waals surface area contributed by atoms with Gasteiger partial charge in [-0.05, 0) is 31.9 Å². The average molecular weight is 178 g/mol. The lowest BCUT2D eigenvalue weighted by atomic mass is 10.0. The van der Waals surface area contributed by atoms with E-state index in [-0.39, 0.29) is 5.97 Å². The van der Waals surface area contributed by atoms with Gasteiger partial charge in [0.25, 0.3) is 0 Å². The minimum atomic E-state index is -0.251. The van der Waals surface area contributed by atoms with Gasteiger partial charge in [-0.25, -0.2) is 4.79 Å². The van der Waals surface area contributed by atoms with Crippen molar-refractivity contribution in [2.75, 3.05) is 7.11 Å². The van der Waals surface area contributed by atoms with Gasteiger partial charge in [-0.15, -0.1) is 0 Å². The van der Waals surface area contributed by atoms with Gasteiger partial charge in [0.2, 0.25) is 0 Å². The third-order valence-electron chi connectivity index (χ3n) is 2.09. The second-order valence-electron chi connectivity index (χ2n) is 3.30. The van der Waals surface area contributed by atoms with E-state index in [0.717, 1.165) is 16.7 Å². The lowest BCUT2D eigenvalue weighted by Gasteiger charge is -2.05. The molecule has 1 aliphatic carbocycles. The van der Waals surface area contributed by atoms with Crippen LogP contribution in [0.1, 0.15) is 20.8 Å². The fourth-order valence-electron chi connectivity index (χ4n) is 1.38. The third-order valence-corrected chi connectivity index (χ3v) is 2.09. The Balaban J connectivity index is 3.16. The summed E-state index contributed by atoms with van der Waals surface area (Å²) in [5.74, 6) is -0.251. The molecule has 1 aliphatic rings. The van der Waals surface area contributed by atoms with Crippen molar-refractivity contribution in [3.63, 3.8) is 0 Å². The Kier molecular flexibility index (Phi) is 2.71. The van der Waals surface area contributed by atoms with Gasteiger partial charge in [-0.3, -0.25) is 0 Å². The maximum absolute atomic E-state index is 11.4. The van der Waals surface area contributed by atoms with Crippen LogP contribution in [0.5, 0.6) is 0 Å². The van der Waals surface area contributed by atoms with Crippen LogP contribution in [0.2, 0.25) is 0 Å². The number of methoxy groups -OCH3 is 1. The Hall–Kier alpha value is -1.31. The van der Waals surface area contributed by atoms with Gasteiger partial charge in [0, 0.05) is 0 Å². The molecule has 0 amide bonds. The SMILES string of the molecule is COC(=O)C1=C(C)C=CC1=C(C)C. The molecule has 0 heterocycles. The van der Waals surface area contributed by atoms with E-state index in [1.807, 2.05) is 32.9 Å². The van der Waals surface area contributed by atoms with E-state index < -0.39 is 0 Å². The number of esters is 1. The van der Waals surface area contributed by atoms with E-state index in [9.17, 15) is 4.79 Å². The summed E-state index contributed by atoms with van der Waals surface area (Å²) in [6.45, 7) is 5.89. The molecule has 70 valence electrons. The van der Waals surface area contributed by atoms with Gasteiger partial charge >= 0.3 is 5.97 Å². The van der Waals surface area contributed by atoms with Crippen LogP contribution in [-0.2, 0) is 9.53 Å². The van der Waals surface area contributed by atoms with Gasteiger partial charge in [-0.2, -0.15) is 0 Å². The smallest absolute Gasteiger partial charge is 0.338 e. The zero-order valence-electron chi connectivity index (χ0n) is 8.47. The molecule has 0 aromatic heterocycles. The zero-order valence-corrected chi connectivity index (χ0v) is 8.47. The molecule has 0 bridgehead atoms. The first-order valence-corrected chi connectivity index (χ1v) is 4.23. The largest absolute Gasteiger partial charge is 0.465 e. The zero-order chi connectivity index (χ0) is 10.0. The van der Waals surface area contributed by atoms with E-state index in [1.54, 1.807) is 0 Å². The molecule has 0 aliphatic heterocycles. The van der Waals surface area contributed by atoms with E-state index in [2.05, 4.69) is 0 Å². The van der Waals surface area contributed by atoms with Crippen molar-refractivity contribution in [1.29, 1.82) is 0 Å². The summed E-state index contributed by atoms with van der Waals surface area (Å²) in [6.07, 6.45) is 3.89. The summed E-state index contributed by atoms with van der Waals surface area (Å²) >= 11 is 0. The van der Waals surface area contributed by atoms with Crippen LogP contribution in [0.4, 0.5) is 0 Å². The number of hydrogen-bond acceptors (Lipinski definition) is 2. The molecule has 2 nitrogen and oxygen atoms in total. The minimum Gasteiger partial charge on any atom is -0.465 e. The molecule has 0 radical (unpaired) electrons. The van der Waals surface area contributed by atoms with Crippen LogP contribution in [0, 0.1) is 0 Å². The van der Waals surface area contributed by atoms with Gasteiger partial charge in [0.15, 0.2) is 0 Å². The van der Waals surface area contributed by atoms with Gasteiger partial charge < -0.3 is 4.74 Å². The van der Waals surface area contributed by atoms with Crippen LogP contribution >= 0.6 is 0 Å². The van der Waals surface area contributed by atoms with Crippen LogP contribution in [0.25, 0.3) is 0 Å². The second kappa shape index (κ2) is 3.60. The molecule has 0 fully saturated rings. The topological polar surface area (TPSA) is 26.3 Å². The fourth-order valence-corrected chi connectivity index (χ4v) is 1.38. The highest BCUT2D eigenvalue weighted by atomic mass is 16.5. The average Bonchev–Trinajstić information content (AvgIpc) is 2.46. The van der Waals surface area contributed by atoms with E-state index in [1.165, 1.54) is 7.11 Å². The lowest BCUT2D eigenvalue weighted by molar-refractivity contribution is -0.135. The van der Waals surface area contributed by atoms with Crippen LogP contribution in [0.15, 0.2) is 34.4 Å². The molecule has 13 heavy (non-hydrogen) atoms. The Labute approximate surface area is 78.6 Å². The molecule has 0 aromatic carbocycles. The number of hydrogen-bond donors (Lipinski definition) is 0. The first kappa shape index (κ1) is 9.78. The summed E-state index contributed by atoms with van der Waals surface area (Å²) in [5, 5.41) is 0. The van der Waals surface area contributed by atoms with Gasteiger partial charge in [0.1, 0.15) is 0 Å². The highest BCUT2D eigenvalue weighted by Gasteiger charge is 2.20. The Morgan fingerprint density at radius 2 is 1.92 bits per heavy atom. The molecule has 1 rings (SSSR count). The number of carbonyl (C=O) groups is 1. The van der Waals surface area contributed by atoms with Crippen LogP contribution in [-0.4, -0.2) is 13.1 Å². The Bertz CT molecular complexity index is 326. The third kappa shape index (κ3) is 1.72. The van der Waals surface area contributed by atoms with E-state index in [4.69, 9.17) is 4.74 Å².